The van der Waals surface area contributed by atoms with Crippen molar-refractivity contribution in [2.45, 2.75) is 10.8 Å². The molecular formula is C24H19N3OS. The Bertz CT molecular complexity index is 1310. The lowest BCUT2D eigenvalue weighted by atomic mass is 10.0. The first-order valence-corrected chi connectivity index (χ1v) is 10.4. The molecule has 0 aliphatic heterocycles. The second kappa shape index (κ2) is 7.60. The summed E-state index contributed by atoms with van der Waals surface area (Å²) in [5.41, 5.74) is 4.31. The van der Waals surface area contributed by atoms with Crippen LogP contribution < -0.4 is 4.74 Å². The molecule has 0 saturated carbocycles. The van der Waals surface area contributed by atoms with Crippen LogP contribution in [0.3, 0.4) is 0 Å². The molecule has 0 amide bonds. The predicted octanol–water partition coefficient (Wildman–Crippen LogP) is 5.85. The minimum Gasteiger partial charge on any atom is -0.497 e. The van der Waals surface area contributed by atoms with E-state index in [9.17, 15) is 0 Å². The van der Waals surface area contributed by atoms with Crippen LogP contribution in [0, 0.1) is 0 Å². The van der Waals surface area contributed by atoms with Gasteiger partial charge in [0.1, 0.15) is 10.8 Å². The van der Waals surface area contributed by atoms with Crippen LogP contribution in [0.1, 0.15) is 5.56 Å². The number of benzene rings is 3. The minimum absolute atomic E-state index is 0.818. The molecule has 5 aromatic rings. The van der Waals surface area contributed by atoms with Gasteiger partial charge in [-0.15, -0.1) is 0 Å². The van der Waals surface area contributed by atoms with Crippen molar-refractivity contribution in [3.05, 3.63) is 90.8 Å². The average Bonchev–Trinajstić information content (AvgIpc) is 3.22. The topological polar surface area (TPSA) is 39.4 Å². The zero-order chi connectivity index (χ0) is 19.6. The highest BCUT2D eigenvalue weighted by molar-refractivity contribution is 7.98. The fourth-order valence-electron chi connectivity index (χ4n) is 3.50. The summed E-state index contributed by atoms with van der Waals surface area (Å²) < 4.78 is 7.24. The molecule has 0 fully saturated rings. The van der Waals surface area contributed by atoms with Crippen LogP contribution in [0.4, 0.5) is 0 Å². The van der Waals surface area contributed by atoms with Crippen molar-refractivity contribution in [1.29, 1.82) is 0 Å². The lowest BCUT2D eigenvalue weighted by Crippen LogP contribution is -1.92. The van der Waals surface area contributed by atoms with Crippen molar-refractivity contribution in [3.8, 4) is 17.0 Å². The van der Waals surface area contributed by atoms with Gasteiger partial charge in [-0.2, -0.15) is 5.10 Å². The van der Waals surface area contributed by atoms with Gasteiger partial charge in [0, 0.05) is 23.7 Å². The van der Waals surface area contributed by atoms with Crippen LogP contribution in [-0.4, -0.2) is 21.7 Å². The van der Waals surface area contributed by atoms with Crippen LogP contribution in [0.2, 0.25) is 0 Å². The molecule has 4 nitrogen and oxygen atoms in total. The van der Waals surface area contributed by atoms with E-state index < -0.39 is 0 Å². The first-order chi connectivity index (χ1) is 14.3. The molecule has 29 heavy (non-hydrogen) atoms. The highest BCUT2D eigenvalue weighted by atomic mass is 32.2. The van der Waals surface area contributed by atoms with Crippen LogP contribution in [0.15, 0.2) is 90.2 Å². The van der Waals surface area contributed by atoms with E-state index in [4.69, 9.17) is 9.84 Å². The third-order valence-electron chi connectivity index (χ3n) is 4.93. The van der Waals surface area contributed by atoms with Crippen LogP contribution in [0.5, 0.6) is 5.75 Å². The molecule has 5 heteroatoms. The van der Waals surface area contributed by atoms with Gasteiger partial charge in [0.05, 0.1) is 18.3 Å². The Balaban J connectivity index is 1.51. The Morgan fingerprint density at radius 2 is 1.83 bits per heavy atom. The normalized spacial score (nSPS) is 11.2. The van der Waals surface area contributed by atoms with Crippen molar-refractivity contribution >= 4 is 28.1 Å². The van der Waals surface area contributed by atoms with Gasteiger partial charge in [-0.1, -0.05) is 66.4 Å². The Labute approximate surface area is 173 Å². The van der Waals surface area contributed by atoms with E-state index in [1.54, 1.807) is 25.1 Å². The second-order valence-corrected chi connectivity index (χ2v) is 7.72. The summed E-state index contributed by atoms with van der Waals surface area (Å²) >= 11 is 1.71. The molecule has 142 valence electrons. The quantitative estimate of drug-likeness (QED) is 0.349. The Kier molecular flexibility index (Phi) is 4.66. The molecule has 0 spiro atoms. The van der Waals surface area contributed by atoms with Gasteiger partial charge in [0.25, 0.3) is 0 Å². The summed E-state index contributed by atoms with van der Waals surface area (Å²) in [5, 5.41) is 8.21. The lowest BCUT2D eigenvalue weighted by Gasteiger charge is -2.05. The summed E-state index contributed by atoms with van der Waals surface area (Å²) in [5.74, 6) is 1.69. The largest absolute Gasteiger partial charge is 0.497 e. The summed E-state index contributed by atoms with van der Waals surface area (Å²) in [6.45, 7) is 0. The first kappa shape index (κ1) is 17.8. The van der Waals surface area contributed by atoms with E-state index in [-0.39, 0.29) is 0 Å². The summed E-state index contributed by atoms with van der Waals surface area (Å²) in [6, 6.07) is 25.0. The van der Waals surface area contributed by atoms with E-state index >= 15 is 0 Å². The molecule has 5 rings (SSSR count). The van der Waals surface area contributed by atoms with Gasteiger partial charge in [0.2, 0.25) is 0 Å². The monoisotopic (exact) mass is 397 g/mol. The first-order valence-electron chi connectivity index (χ1n) is 9.40. The minimum atomic E-state index is 0.818. The third kappa shape index (κ3) is 3.45. The summed E-state index contributed by atoms with van der Waals surface area (Å²) in [7, 11) is 1.69. The highest BCUT2D eigenvalue weighted by Crippen LogP contribution is 2.31. The third-order valence-corrected chi connectivity index (χ3v) is 6.00. The molecule has 0 radical (unpaired) electrons. The molecule has 2 aromatic heterocycles. The number of hydrogen-bond donors (Lipinski definition) is 0. The number of hydrogen-bond acceptors (Lipinski definition) is 4. The maximum Gasteiger partial charge on any atom is 0.122 e. The summed E-state index contributed by atoms with van der Waals surface area (Å²) in [4.78, 5) is 4.60. The van der Waals surface area contributed by atoms with E-state index in [1.165, 1.54) is 16.3 Å². The van der Waals surface area contributed by atoms with Gasteiger partial charge >= 0.3 is 0 Å². The highest BCUT2D eigenvalue weighted by Gasteiger charge is 2.12. The number of aromatic nitrogens is 3. The number of nitrogens with zero attached hydrogens (tertiary/aromatic N) is 3. The molecule has 0 saturated heterocycles. The standard InChI is InChI=1S/C24H19N3OS/c1-28-19-9-4-6-17(14-19)16-29-24-23-15-22(26-27(23)13-12-25-24)21-11-5-8-18-7-2-3-10-20(18)21/h2-15H,16H2,1H3. The fraction of sp³-hybridized carbons (Fsp3) is 0.0833. The Morgan fingerprint density at radius 1 is 0.966 bits per heavy atom. The smallest absolute Gasteiger partial charge is 0.122 e. The van der Waals surface area contributed by atoms with Gasteiger partial charge < -0.3 is 4.74 Å². The molecule has 0 aliphatic carbocycles. The molecule has 3 aromatic carbocycles. The van der Waals surface area contributed by atoms with Gasteiger partial charge in [-0.05, 0) is 34.5 Å². The number of thioether (sulfide) groups is 1. The lowest BCUT2D eigenvalue weighted by molar-refractivity contribution is 0.414. The maximum atomic E-state index is 5.33. The summed E-state index contributed by atoms with van der Waals surface area (Å²) in [6.07, 6.45) is 3.71. The van der Waals surface area contributed by atoms with Crippen molar-refractivity contribution in [1.82, 2.24) is 14.6 Å². The van der Waals surface area contributed by atoms with Crippen LogP contribution >= 0.6 is 11.8 Å². The zero-order valence-corrected chi connectivity index (χ0v) is 16.8. The number of methoxy groups -OCH3 is 1. The molecule has 0 aliphatic rings. The van der Waals surface area contributed by atoms with Crippen molar-refractivity contribution in [3.63, 3.8) is 0 Å². The van der Waals surface area contributed by atoms with Crippen molar-refractivity contribution in [2.75, 3.05) is 7.11 Å². The molecule has 0 bridgehead atoms. The predicted molar refractivity (Wildman–Crippen MR) is 118 cm³/mol. The van der Waals surface area contributed by atoms with E-state index in [1.807, 2.05) is 22.8 Å². The van der Waals surface area contributed by atoms with Gasteiger partial charge in [-0.25, -0.2) is 9.50 Å². The number of ether oxygens (including phenoxy) is 1. The second-order valence-electron chi connectivity index (χ2n) is 6.76. The molecule has 0 N–H and O–H groups in total. The molecular weight excluding hydrogens is 378 g/mol. The maximum absolute atomic E-state index is 5.33. The van der Waals surface area contributed by atoms with E-state index in [0.29, 0.717) is 0 Å². The van der Waals surface area contributed by atoms with E-state index in [0.717, 1.165) is 33.3 Å². The molecule has 2 heterocycles. The van der Waals surface area contributed by atoms with Crippen molar-refractivity contribution < 1.29 is 4.74 Å². The number of rotatable bonds is 5. The SMILES string of the molecule is COc1cccc(CSc2nccn3nc(-c4cccc5ccccc45)cc23)c1. The van der Waals surface area contributed by atoms with Gasteiger partial charge in [0.15, 0.2) is 0 Å². The van der Waals surface area contributed by atoms with Crippen molar-refractivity contribution in [2.24, 2.45) is 0 Å². The zero-order valence-electron chi connectivity index (χ0n) is 15.9. The Hall–Kier alpha value is -3.31. The van der Waals surface area contributed by atoms with Crippen LogP contribution in [-0.2, 0) is 5.75 Å². The van der Waals surface area contributed by atoms with E-state index in [2.05, 4.69) is 65.6 Å². The molecule has 0 unspecified atom stereocenters. The molecule has 0 atom stereocenters. The van der Waals surface area contributed by atoms with Gasteiger partial charge in [-0.3, -0.25) is 0 Å². The average molecular weight is 398 g/mol. The van der Waals surface area contributed by atoms with Crippen LogP contribution in [0.25, 0.3) is 27.5 Å². The fourth-order valence-corrected chi connectivity index (χ4v) is 4.42. The Morgan fingerprint density at radius 3 is 2.76 bits per heavy atom. The number of fused-ring (bicyclic) bond motifs is 2.